The van der Waals surface area contributed by atoms with Gasteiger partial charge in [0, 0.05) is 12.1 Å². The molecule has 0 aromatic rings. The van der Waals surface area contributed by atoms with Crippen LogP contribution in [0, 0.1) is 0 Å². The molecule has 2 nitrogen and oxygen atoms in total. The zero-order chi connectivity index (χ0) is 9.56. The number of allylic oxidation sites excluding steroid dienone is 1. The van der Waals surface area contributed by atoms with Gasteiger partial charge >= 0.3 is 0 Å². The van der Waals surface area contributed by atoms with Gasteiger partial charge in [-0.25, -0.2) is 0 Å². The second-order valence-corrected chi connectivity index (χ2v) is 4.64. The molecule has 0 saturated heterocycles. The van der Waals surface area contributed by atoms with Crippen LogP contribution in [0.1, 0.15) is 27.2 Å². The number of ketones is 1. The summed E-state index contributed by atoms with van der Waals surface area (Å²) in [5, 5.41) is 0. The first-order chi connectivity index (χ1) is 5.63. The van der Waals surface area contributed by atoms with Gasteiger partial charge in [-0.2, -0.15) is 0 Å². The molecule has 0 aliphatic heterocycles. The van der Waals surface area contributed by atoms with E-state index in [2.05, 4.69) is 6.58 Å². The van der Waals surface area contributed by atoms with Gasteiger partial charge in [-0.3, -0.25) is 4.79 Å². The first kappa shape index (κ1) is 11.6. The van der Waals surface area contributed by atoms with Crippen molar-refractivity contribution < 1.29 is 9.22 Å². The van der Waals surface area contributed by atoms with Gasteiger partial charge in [0.25, 0.3) is 0 Å². The molecule has 0 aliphatic rings. The van der Waals surface area contributed by atoms with Crippen LogP contribution in [0.5, 0.6) is 0 Å². The zero-order valence-electron chi connectivity index (χ0n) is 8.22. The predicted molar refractivity (Wildman–Crippen MR) is 54.0 cm³/mol. The number of Topliss-reactive ketones (excluding diaryl/α,β-unsaturated/α-hetero) is 1. The van der Waals surface area contributed by atoms with Gasteiger partial charge in [0.2, 0.25) is 0 Å². The lowest BCUT2D eigenvalue weighted by Gasteiger charge is -2.11. The summed E-state index contributed by atoms with van der Waals surface area (Å²) in [6.07, 6.45) is 0.887. The van der Waals surface area contributed by atoms with Gasteiger partial charge in [-0.05, 0) is 25.8 Å². The van der Waals surface area contributed by atoms with Gasteiger partial charge in [0.1, 0.15) is 0 Å². The summed E-state index contributed by atoms with van der Waals surface area (Å²) in [5.41, 5.74) is 0.802. The van der Waals surface area contributed by atoms with Crippen LogP contribution in [0.2, 0.25) is 5.54 Å². The highest BCUT2D eigenvalue weighted by Gasteiger charge is 2.17. The van der Waals surface area contributed by atoms with E-state index in [1.807, 2.05) is 13.8 Å². The molecule has 0 radical (unpaired) electrons. The molecule has 1 atom stereocenters. The van der Waals surface area contributed by atoms with Crippen LogP contribution in [0.15, 0.2) is 12.2 Å². The van der Waals surface area contributed by atoms with Crippen molar-refractivity contribution in [2.24, 2.45) is 0 Å². The van der Waals surface area contributed by atoms with Gasteiger partial charge in [0.05, 0.1) is 0 Å². The maximum atomic E-state index is 11.4. The molecule has 0 spiro atoms. The van der Waals surface area contributed by atoms with Crippen molar-refractivity contribution in [2.45, 2.75) is 32.7 Å². The topological polar surface area (TPSA) is 26.3 Å². The number of hydrogen-bond acceptors (Lipinski definition) is 2. The Morgan fingerprint density at radius 3 is 2.50 bits per heavy atom. The van der Waals surface area contributed by atoms with Crippen LogP contribution in [0.25, 0.3) is 0 Å². The lowest BCUT2D eigenvalue weighted by Crippen LogP contribution is -2.17. The van der Waals surface area contributed by atoms with Crippen molar-refractivity contribution >= 4 is 15.5 Å². The molecular formula is C9H18O2Si. The molecule has 0 fully saturated rings. The molecule has 0 heterocycles. The molecule has 0 amide bonds. The highest BCUT2D eigenvalue weighted by molar-refractivity contribution is 6.39. The van der Waals surface area contributed by atoms with Crippen LogP contribution in [0.4, 0.5) is 0 Å². The lowest BCUT2D eigenvalue weighted by atomic mass is 10.1. The average molecular weight is 186 g/mol. The number of rotatable bonds is 6. The van der Waals surface area contributed by atoms with E-state index in [1.165, 1.54) is 0 Å². The first-order valence-corrected chi connectivity index (χ1v) is 5.80. The molecule has 12 heavy (non-hydrogen) atoms. The Bertz CT molecular complexity index is 166. The monoisotopic (exact) mass is 186 g/mol. The summed E-state index contributed by atoms with van der Waals surface area (Å²) in [4.78, 5) is 11.4. The third-order valence-electron chi connectivity index (χ3n) is 1.81. The van der Waals surface area contributed by atoms with Crippen LogP contribution in [-0.4, -0.2) is 22.2 Å². The Morgan fingerprint density at radius 2 is 2.17 bits per heavy atom. The minimum absolute atomic E-state index is 0.141. The number of carbonyl (C=O) groups is 1. The molecular weight excluding hydrogens is 168 g/mol. The summed E-state index contributed by atoms with van der Waals surface area (Å²) in [6, 6.07) is 0. The van der Waals surface area contributed by atoms with E-state index < -0.39 is 9.76 Å². The third kappa shape index (κ3) is 3.83. The molecule has 1 unspecified atom stereocenters. The van der Waals surface area contributed by atoms with Crippen molar-refractivity contribution in [1.29, 1.82) is 0 Å². The second-order valence-electron chi connectivity index (χ2n) is 2.91. The van der Waals surface area contributed by atoms with E-state index in [9.17, 15) is 4.79 Å². The van der Waals surface area contributed by atoms with E-state index >= 15 is 0 Å². The largest absolute Gasteiger partial charge is 0.424 e. The molecule has 0 aliphatic carbocycles. The fraction of sp³-hybridized carbons (Fsp3) is 0.667. The van der Waals surface area contributed by atoms with Gasteiger partial charge < -0.3 is 4.43 Å². The van der Waals surface area contributed by atoms with E-state index in [1.54, 1.807) is 6.92 Å². The summed E-state index contributed by atoms with van der Waals surface area (Å²) in [6.45, 7) is 10.1. The van der Waals surface area contributed by atoms with Crippen LogP contribution >= 0.6 is 0 Å². The standard InChI is InChI=1S/C9H18O2Si/c1-5-8(12-11-6-2)9(10)7(3)4/h8H,3,5-6,12H2,1-2,4H3. The van der Waals surface area contributed by atoms with Gasteiger partial charge in [-0.15, -0.1) is 0 Å². The van der Waals surface area contributed by atoms with Crippen molar-refractivity contribution in [3.63, 3.8) is 0 Å². The maximum absolute atomic E-state index is 11.4. The summed E-state index contributed by atoms with van der Waals surface area (Å²) in [5.74, 6) is 0.192. The second kappa shape index (κ2) is 6.14. The van der Waals surface area contributed by atoms with E-state index in [0.717, 1.165) is 13.0 Å². The first-order valence-electron chi connectivity index (χ1n) is 4.40. The van der Waals surface area contributed by atoms with E-state index in [0.29, 0.717) is 5.57 Å². The molecule has 3 heteroatoms. The third-order valence-corrected chi connectivity index (χ3v) is 3.80. The minimum Gasteiger partial charge on any atom is -0.424 e. The Labute approximate surface area is 76.9 Å². The SMILES string of the molecule is C=C(C)C(=O)C(CC)[SiH2]OCC. The van der Waals surface area contributed by atoms with Gasteiger partial charge in [0.15, 0.2) is 15.5 Å². The summed E-state index contributed by atoms with van der Waals surface area (Å²) >= 11 is 0. The molecule has 0 rings (SSSR count). The van der Waals surface area contributed by atoms with Gasteiger partial charge in [-0.1, -0.05) is 13.5 Å². The fourth-order valence-electron chi connectivity index (χ4n) is 0.988. The van der Waals surface area contributed by atoms with Crippen molar-refractivity contribution in [3.8, 4) is 0 Å². The van der Waals surface area contributed by atoms with Crippen LogP contribution in [0.3, 0.4) is 0 Å². The van der Waals surface area contributed by atoms with Crippen molar-refractivity contribution in [2.75, 3.05) is 6.61 Å². The van der Waals surface area contributed by atoms with E-state index in [-0.39, 0.29) is 11.3 Å². The quantitative estimate of drug-likeness (QED) is 0.463. The predicted octanol–water partition coefficient (Wildman–Crippen LogP) is 1.45. The minimum atomic E-state index is -0.675. The van der Waals surface area contributed by atoms with Crippen molar-refractivity contribution in [3.05, 3.63) is 12.2 Å². The Kier molecular flexibility index (Phi) is 5.93. The molecule has 0 aromatic heterocycles. The smallest absolute Gasteiger partial charge is 0.172 e. The van der Waals surface area contributed by atoms with Crippen LogP contribution < -0.4 is 0 Å². The molecule has 0 saturated carbocycles. The molecule has 0 N–H and O–H groups in total. The molecule has 0 bridgehead atoms. The zero-order valence-corrected chi connectivity index (χ0v) is 9.64. The maximum Gasteiger partial charge on any atom is 0.172 e. The normalized spacial score (nSPS) is 13.6. The average Bonchev–Trinajstić information content (AvgIpc) is 2.05. The van der Waals surface area contributed by atoms with E-state index in [4.69, 9.17) is 4.43 Å². The van der Waals surface area contributed by atoms with Crippen molar-refractivity contribution in [1.82, 2.24) is 0 Å². The Balaban J connectivity index is 3.96. The fourth-order valence-corrected chi connectivity index (χ4v) is 2.24. The highest BCUT2D eigenvalue weighted by Crippen LogP contribution is 2.14. The summed E-state index contributed by atoms with van der Waals surface area (Å²) < 4.78 is 5.33. The molecule has 0 aromatic carbocycles. The molecule has 70 valence electrons. The Morgan fingerprint density at radius 1 is 1.58 bits per heavy atom. The Hall–Kier alpha value is -0.413. The summed E-state index contributed by atoms with van der Waals surface area (Å²) in [7, 11) is -0.675. The van der Waals surface area contributed by atoms with Crippen LogP contribution in [-0.2, 0) is 9.22 Å². The lowest BCUT2D eigenvalue weighted by molar-refractivity contribution is -0.115. The highest BCUT2D eigenvalue weighted by atomic mass is 28.2. The number of hydrogen-bond donors (Lipinski definition) is 0. The number of carbonyl (C=O) groups excluding carboxylic acids is 1.